The zero-order valence-corrected chi connectivity index (χ0v) is 15.7. The van der Waals surface area contributed by atoms with Gasteiger partial charge >= 0.3 is 5.97 Å². The van der Waals surface area contributed by atoms with E-state index in [2.05, 4.69) is 5.32 Å². The number of fused-ring (bicyclic) bond motifs is 2. The van der Waals surface area contributed by atoms with Gasteiger partial charge in [-0.2, -0.15) is 0 Å². The molecule has 1 aliphatic heterocycles. The molecule has 142 valence electrons. The highest BCUT2D eigenvalue weighted by Gasteiger charge is 2.42. The van der Waals surface area contributed by atoms with E-state index in [1.165, 1.54) is 20.3 Å². The molecule has 1 atom stereocenters. The monoisotopic (exact) mass is 377 g/mol. The third kappa shape index (κ3) is 2.49. The number of dihydropyridines is 1. The molecule has 6 heteroatoms. The number of carbonyl (C=O) groups is 2. The summed E-state index contributed by atoms with van der Waals surface area (Å²) in [5.41, 5.74) is 4.21. The second-order valence-electron chi connectivity index (χ2n) is 6.68. The maximum absolute atomic E-state index is 13.2. The Morgan fingerprint density at radius 1 is 1.11 bits per heavy atom. The number of benzene rings is 2. The number of Topliss-reactive ketones (excluding diaryl/α,β-unsaturated/α-hetero) is 1. The van der Waals surface area contributed by atoms with Gasteiger partial charge in [-0.25, -0.2) is 4.79 Å². The van der Waals surface area contributed by atoms with Gasteiger partial charge in [0, 0.05) is 28.3 Å². The van der Waals surface area contributed by atoms with Gasteiger partial charge in [-0.1, -0.05) is 30.3 Å². The first-order valence-electron chi connectivity index (χ1n) is 8.79. The number of ether oxygens (including phenoxy) is 2. The Kier molecular flexibility index (Phi) is 4.19. The van der Waals surface area contributed by atoms with Crippen LogP contribution in [0.2, 0.25) is 0 Å². The van der Waals surface area contributed by atoms with Gasteiger partial charge < -0.3 is 19.9 Å². The highest BCUT2D eigenvalue weighted by molar-refractivity contribution is 6.23. The predicted molar refractivity (Wildman–Crippen MR) is 103 cm³/mol. The van der Waals surface area contributed by atoms with Gasteiger partial charge in [-0.15, -0.1) is 0 Å². The van der Waals surface area contributed by atoms with E-state index in [0.717, 1.165) is 5.56 Å². The molecule has 2 aromatic rings. The Balaban J connectivity index is 1.96. The molecule has 0 radical (unpaired) electrons. The average molecular weight is 377 g/mol. The second kappa shape index (κ2) is 6.56. The highest BCUT2D eigenvalue weighted by atomic mass is 16.5. The van der Waals surface area contributed by atoms with Gasteiger partial charge in [0.1, 0.15) is 0 Å². The van der Waals surface area contributed by atoms with E-state index >= 15 is 0 Å². The second-order valence-corrected chi connectivity index (χ2v) is 6.68. The van der Waals surface area contributed by atoms with Gasteiger partial charge in [0.25, 0.3) is 0 Å². The lowest BCUT2D eigenvalue weighted by atomic mass is 9.79. The van der Waals surface area contributed by atoms with Crippen LogP contribution in [0, 0.1) is 0 Å². The molecule has 28 heavy (non-hydrogen) atoms. The van der Waals surface area contributed by atoms with Crippen molar-refractivity contribution in [2.45, 2.75) is 12.8 Å². The van der Waals surface area contributed by atoms with E-state index in [9.17, 15) is 14.7 Å². The van der Waals surface area contributed by atoms with Crippen LogP contribution in [-0.2, 0) is 9.53 Å². The van der Waals surface area contributed by atoms with Gasteiger partial charge in [-0.05, 0) is 24.6 Å². The number of aromatic hydroxyl groups is 1. The number of phenols is 1. The normalized spacial score (nSPS) is 17.8. The van der Waals surface area contributed by atoms with Crippen molar-refractivity contribution in [3.63, 3.8) is 0 Å². The lowest BCUT2D eigenvalue weighted by Crippen LogP contribution is -2.29. The Labute approximate surface area is 162 Å². The van der Waals surface area contributed by atoms with Gasteiger partial charge in [0.2, 0.25) is 0 Å². The van der Waals surface area contributed by atoms with Crippen molar-refractivity contribution in [2.24, 2.45) is 0 Å². The number of hydrogen-bond donors (Lipinski definition) is 2. The lowest BCUT2D eigenvalue weighted by molar-refractivity contribution is -0.136. The minimum Gasteiger partial charge on any atom is -0.504 e. The van der Waals surface area contributed by atoms with E-state index < -0.39 is 11.9 Å². The highest BCUT2D eigenvalue weighted by Crippen LogP contribution is 2.47. The maximum Gasteiger partial charge on any atom is 0.336 e. The molecule has 1 heterocycles. The predicted octanol–water partition coefficient (Wildman–Crippen LogP) is 3.14. The number of esters is 1. The van der Waals surface area contributed by atoms with Crippen molar-refractivity contribution in [1.82, 2.24) is 5.32 Å². The number of phenolic OH excluding ortho intramolecular Hbond substituents is 1. The number of nitrogens with one attached hydrogen (secondary N) is 1. The average Bonchev–Trinajstić information content (AvgIpc) is 2.99. The number of rotatable bonds is 3. The van der Waals surface area contributed by atoms with Crippen molar-refractivity contribution >= 4 is 17.4 Å². The standard InChI is InChI=1S/C22H19NO5/c1-11-17(22(26)28-3)18(12-8-9-15(24)16(10-12)27-2)19-20(23-11)13-6-4-5-7-14(13)21(19)25/h4-10,18,23-24H,1-3H3/t18-/m1/s1. The van der Waals surface area contributed by atoms with Crippen LogP contribution in [0.15, 0.2) is 59.3 Å². The van der Waals surface area contributed by atoms with Crippen LogP contribution >= 0.6 is 0 Å². The zero-order chi connectivity index (χ0) is 20.0. The number of allylic oxidation sites excluding steroid dienone is 2. The zero-order valence-electron chi connectivity index (χ0n) is 15.7. The minimum absolute atomic E-state index is 0.0178. The summed E-state index contributed by atoms with van der Waals surface area (Å²) in [4.78, 5) is 25.9. The maximum atomic E-state index is 13.2. The van der Waals surface area contributed by atoms with E-state index in [-0.39, 0.29) is 17.3 Å². The van der Waals surface area contributed by atoms with Crippen LogP contribution in [0.4, 0.5) is 0 Å². The third-order valence-electron chi connectivity index (χ3n) is 5.19. The summed E-state index contributed by atoms with van der Waals surface area (Å²) < 4.78 is 10.2. The van der Waals surface area contributed by atoms with E-state index in [1.54, 1.807) is 25.1 Å². The fourth-order valence-electron chi connectivity index (χ4n) is 3.92. The summed E-state index contributed by atoms with van der Waals surface area (Å²) >= 11 is 0. The molecule has 0 amide bonds. The summed E-state index contributed by atoms with van der Waals surface area (Å²) in [7, 11) is 2.76. The summed E-state index contributed by atoms with van der Waals surface area (Å²) in [6, 6.07) is 12.2. The topological polar surface area (TPSA) is 84.9 Å². The molecule has 0 spiro atoms. The van der Waals surface area contributed by atoms with Crippen molar-refractivity contribution in [3.05, 3.63) is 76.0 Å². The first-order chi connectivity index (χ1) is 13.5. The van der Waals surface area contributed by atoms with Crippen LogP contribution in [0.3, 0.4) is 0 Å². The molecule has 0 fully saturated rings. The summed E-state index contributed by atoms with van der Waals surface area (Å²) in [6.45, 7) is 1.78. The molecule has 1 aliphatic carbocycles. The lowest BCUT2D eigenvalue weighted by Gasteiger charge is -2.29. The summed E-state index contributed by atoms with van der Waals surface area (Å²) in [5, 5.41) is 13.2. The number of ketones is 1. The fraction of sp³-hybridized carbons (Fsp3) is 0.182. The molecule has 2 aromatic carbocycles. The largest absolute Gasteiger partial charge is 0.504 e. The van der Waals surface area contributed by atoms with Crippen LogP contribution in [0.25, 0.3) is 5.70 Å². The summed E-state index contributed by atoms with van der Waals surface area (Å²) in [5.74, 6) is -1.04. The molecular weight excluding hydrogens is 358 g/mol. The minimum atomic E-state index is -0.641. The quantitative estimate of drug-likeness (QED) is 0.800. The van der Waals surface area contributed by atoms with E-state index in [4.69, 9.17) is 9.47 Å². The van der Waals surface area contributed by atoms with Crippen LogP contribution in [0.5, 0.6) is 11.5 Å². The van der Waals surface area contributed by atoms with Gasteiger partial charge in [0.05, 0.1) is 25.5 Å². The van der Waals surface area contributed by atoms with Crippen LogP contribution in [0.1, 0.15) is 34.3 Å². The van der Waals surface area contributed by atoms with Crippen molar-refractivity contribution in [3.8, 4) is 11.5 Å². The molecule has 0 saturated carbocycles. The Morgan fingerprint density at radius 2 is 1.82 bits per heavy atom. The molecule has 0 saturated heterocycles. The SMILES string of the molecule is COC(=O)C1=C(C)NC2=C(C(=O)c3ccccc32)[C@@H]1c1ccc(O)c(OC)c1. The number of hydrogen-bond acceptors (Lipinski definition) is 6. The Morgan fingerprint density at radius 3 is 2.50 bits per heavy atom. The van der Waals surface area contributed by atoms with Crippen LogP contribution < -0.4 is 10.1 Å². The smallest absolute Gasteiger partial charge is 0.336 e. The first kappa shape index (κ1) is 17.9. The molecule has 2 N–H and O–H groups in total. The molecular formula is C22H19NO5. The van der Waals surface area contributed by atoms with Gasteiger partial charge in [0.15, 0.2) is 17.3 Å². The fourth-order valence-corrected chi connectivity index (χ4v) is 3.92. The molecule has 4 rings (SSSR count). The van der Waals surface area contributed by atoms with Crippen molar-refractivity contribution in [2.75, 3.05) is 14.2 Å². The molecule has 0 unspecified atom stereocenters. The Hall–Kier alpha value is -3.54. The van der Waals surface area contributed by atoms with E-state index in [0.29, 0.717) is 33.7 Å². The third-order valence-corrected chi connectivity index (χ3v) is 5.19. The molecule has 2 aliphatic rings. The summed E-state index contributed by atoms with van der Waals surface area (Å²) in [6.07, 6.45) is 0. The first-order valence-corrected chi connectivity index (χ1v) is 8.79. The molecule has 0 bridgehead atoms. The van der Waals surface area contributed by atoms with Gasteiger partial charge in [-0.3, -0.25) is 4.79 Å². The van der Waals surface area contributed by atoms with Crippen molar-refractivity contribution in [1.29, 1.82) is 0 Å². The number of methoxy groups -OCH3 is 2. The molecule has 0 aromatic heterocycles. The molecule has 6 nitrogen and oxygen atoms in total. The van der Waals surface area contributed by atoms with Crippen LogP contribution in [-0.4, -0.2) is 31.1 Å². The number of carbonyl (C=O) groups excluding carboxylic acids is 2. The van der Waals surface area contributed by atoms with Crippen molar-refractivity contribution < 1.29 is 24.2 Å². The Bertz CT molecular complexity index is 1080. The van der Waals surface area contributed by atoms with E-state index in [1.807, 2.05) is 18.2 Å².